The number of nitrogens with zero attached hydrogens (tertiary/aromatic N) is 1. The molecule has 0 saturated carbocycles. The van der Waals surface area contributed by atoms with Crippen molar-refractivity contribution in [2.45, 2.75) is 26.3 Å². The van der Waals surface area contributed by atoms with Crippen LogP contribution < -0.4 is 5.73 Å². The monoisotopic (exact) mass is 300 g/mol. The summed E-state index contributed by atoms with van der Waals surface area (Å²) in [6.45, 7) is 4.71. The molecule has 0 aliphatic rings. The van der Waals surface area contributed by atoms with Crippen LogP contribution in [0.3, 0.4) is 0 Å². The second kappa shape index (κ2) is 11.7. The van der Waals surface area contributed by atoms with Gasteiger partial charge in [-0.15, -0.1) is 12.4 Å². The summed E-state index contributed by atoms with van der Waals surface area (Å²) in [6.07, 6.45) is 1.74. The maximum absolute atomic E-state index is 12.1. The van der Waals surface area contributed by atoms with E-state index in [0.717, 1.165) is 18.4 Å². The molecule has 0 atom stereocenters. The molecule has 0 aliphatic carbocycles. The Hall–Kier alpha value is -1.10. The third kappa shape index (κ3) is 7.48. The van der Waals surface area contributed by atoms with Crippen LogP contribution in [-0.4, -0.2) is 37.1 Å². The molecule has 0 saturated heterocycles. The van der Waals surface area contributed by atoms with Crippen LogP contribution in [0.5, 0.6) is 0 Å². The van der Waals surface area contributed by atoms with Crippen molar-refractivity contribution in [1.29, 1.82) is 0 Å². The van der Waals surface area contributed by atoms with Crippen LogP contribution in [0.15, 0.2) is 30.3 Å². The van der Waals surface area contributed by atoms with Gasteiger partial charge in [0.25, 0.3) is 0 Å². The van der Waals surface area contributed by atoms with Crippen molar-refractivity contribution in [1.82, 2.24) is 4.90 Å². The van der Waals surface area contributed by atoms with Gasteiger partial charge in [0.2, 0.25) is 5.91 Å². The standard InChI is InChI=1S/C15H24N2O2.ClH/c1-2-11-19-13-15(18)17(10-6-9-16)12-14-7-4-3-5-8-14;/h3-5,7-8H,2,6,9-13,16H2,1H3;1H. The molecule has 114 valence electrons. The van der Waals surface area contributed by atoms with Gasteiger partial charge in [0.15, 0.2) is 0 Å². The van der Waals surface area contributed by atoms with Crippen molar-refractivity contribution in [2.24, 2.45) is 5.73 Å². The third-order valence-electron chi connectivity index (χ3n) is 2.78. The highest BCUT2D eigenvalue weighted by Gasteiger charge is 2.13. The Kier molecular flexibility index (Phi) is 11.1. The number of hydrogen-bond acceptors (Lipinski definition) is 3. The molecule has 4 nitrogen and oxygen atoms in total. The number of rotatable bonds is 9. The van der Waals surface area contributed by atoms with Crippen LogP contribution in [0, 0.1) is 0 Å². The number of carbonyl (C=O) groups is 1. The minimum Gasteiger partial charge on any atom is -0.372 e. The van der Waals surface area contributed by atoms with Crippen LogP contribution in [0.2, 0.25) is 0 Å². The number of halogens is 1. The quantitative estimate of drug-likeness (QED) is 0.711. The summed E-state index contributed by atoms with van der Waals surface area (Å²) in [5, 5.41) is 0. The van der Waals surface area contributed by atoms with E-state index in [4.69, 9.17) is 10.5 Å². The lowest BCUT2D eigenvalue weighted by Crippen LogP contribution is -2.35. The molecule has 1 rings (SSSR count). The molecule has 1 aromatic carbocycles. The minimum absolute atomic E-state index is 0. The Morgan fingerprint density at radius 1 is 1.30 bits per heavy atom. The van der Waals surface area contributed by atoms with Crippen molar-refractivity contribution in [3.63, 3.8) is 0 Å². The van der Waals surface area contributed by atoms with Gasteiger partial charge in [-0.1, -0.05) is 37.3 Å². The molecular formula is C15H25ClN2O2. The van der Waals surface area contributed by atoms with E-state index in [-0.39, 0.29) is 24.9 Å². The fourth-order valence-electron chi connectivity index (χ4n) is 1.77. The van der Waals surface area contributed by atoms with Crippen LogP contribution in [-0.2, 0) is 16.1 Å². The Balaban J connectivity index is 0.00000361. The lowest BCUT2D eigenvalue weighted by atomic mass is 10.2. The zero-order valence-corrected chi connectivity index (χ0v) is 12.9. The normalized spacial score (nSPS) is 9.90. The molecule has 0 bridgehead atoms. The average molecular weight is 301 g/mol. The lowest BCUT2D eigenvalue weighted by Gasteiger charge is -2.22. The minimum atomic E-state index is 0. The zero-order valence-electron chi connectivity index (χ0n) is 12.1. The van der Waals surface area contributed by atoms with Crippen LogP contribution >= 0.6 is 12.4 Å². The van der Waals surface area contributed by atoms with E-state index in [2.05, 4.69) is 0 Å². The van der Waals surface area contributed by atoms with Gasteiger partial charge in [0.05, 0.1) is 0 Å². The van der Waals surface area contributed by atoms with E-state index in [1.54, 1.807) is 0 Å². The summed E-state index contributed by atoms with van der Waals surface area (Å²) in [4.78, 5) is 13.9. The predicted octanol–water partition coefficient (Wildman–Crippen LogP) is 2.21. The topological polar surface area (TPSA) is 55.6 Å². The Morgan fingerprint density at radius 2 is 2.00 bits per heavy atom. The number of hydrogen-bond donors (Lipinski definition) is 1. The third-order valence-corrected chi connectivity index (χ3v) is 2.78. The fraction of sp³-hybridized carbons (Fsp3) is 0.533. The van der Waals surface area contributed by atoms with Crippen LogP contribution in [0.25, 0.3) is 0 Å². The van der Waals surface area contributed by atoms with E-state index < -0.39 is 0 Å². The highest BCUT2D eigenvalue weighted by molar-refractivity contribution is 5.85. The Bertz CT molecular complexity index is 360. The number of carbonyl (C=O) groups excluding carboxylic acids is 1. The Labute approximate surface area is 127 Å². The maximum Gasteiger partial charge on any atom is 0.248 e. The first kappa shape index (κ1) is 18.9. The largest absolute Gasteiger partial charge is 0.372 e. The van der Waals surface area contributed by atoms with Crippen molar-refractivity contribution < 1.29 is 9.53 Å². The SMILES string of the molecule is CCCOCC(=O)N(CCCN)Cc1ccccc1.Cl. The highest BCUT2D eigenvalue weighted by atomic mass is 35.5. The van der Waals surface area contributed by atoms with E-state index in [1.807, 2.05) is 42.2 Å². The fourth-order valence-corrected chi connectivity index (χ4v) is 1.77. The summed E-state index contributed by atoms with van der Waals surface area (Å²) < 4.78 is 5.32. The second-order valence-corrected chi connectivity index (χ2v) is 4.50. The van der Waals surface area contributed by atoms with Crippen molar-refractivity contribution in [2.75, 3.05) is 26.3 Å². The summed E-state index contributed by atoms with van der Waals surface area (Å²) >= 11 is 0. The van der Waals surface area contributed by atoms with Gasteiger partial charge in [-0.2, -0.15) is 0 Å². The number of amides is 1. The molecule has 0 aliphatic heterocycles. The van der Waals surface area contributed by atoms with Crippen molar-refractivity contribution in [3.8, 4) is 0 Å². The first-order valence-corrected chi connectivity index (χ1v) is 6.87. The molecular weight excluding hydrogens is 276 g/mol. The molecule has 20 heavy (non-hydrogen) atoms. The summed E-state index contributed by atoms with van der Waals surface area (Å²) in [5.74, 6) is 0.0331. The van der Waals surface area contributed by atoms with E-state index in [9.17, 15) is 4.79 Å². The van der Waals surface area contributed by atoms with Crippen molar-refractivity contribution >= 4 is 18.3 Å². The number of benzene rings is 1. The molecule has 0 unspecified atom stereocenters. The Morgan fingerprint density at radius 3 is 2.60 bits per heavy atom. The number of ether oxygens (including phenoxy) is 1. The van der Waals surface area contributed by atoms with Gasteiger partial charge < -0.3 is 15.4 Å². The average Bonchev–Trinajstić information content (AvgIpc) is 2.44. The lowest BCUT2D eigenvalue weighted by molar-refractivity contribution is -0.136. The maximum atomic E-state index is 12.1. The summed E-state index contributed by atoms with van der Waals surface area (Å²) in [7, 11) is 0. The molecule has 0 spiro atoms. The number of nitrogens with two attached hydrogens (primary N) is 1. The molecule has 5 heteroatoms. The summed E-state index contributed by atoms with van der Waals surface area (Å²) in [6, 6.07) is 9.98. The van der Waals surface area contributed by atoms with E-state index in [1.165, 1.54) is 0 Å². The van der Waals surface area contributed by atoms with Crippen LogP contribution in [0.1, 0.15) is 25.3 Å². The van der Waals surface area contributed by atoms with Gasteiger partial charge in [0.1, 0.15) is 6.61 Å². The van der Waals surface area contributed by atoms with Crippen molar-refractivity contribution in [3.05, 3.63) is 35.9 Å². The first-order valence-electron chi connectivity index (χ1n) is 6.87. The second-order valence-electron chi connectivity index (χ2n) is 4.50. The van der Waals surface area contributed by atoms with Gasteiger partial charge in [0, 0.05) is 19.7 Å². The predicted molar refractivity (Wildman–Crippen MR) is 83.9 cm³/mol. The van der Waals surface area contributed by atoms with E-state index >= 15 is 0 Å². The van der Waals surface area contributed by atoms with Gasteiger partial charge >= 0.3 is 0 Å². The molecule has 0 fully saturated rings. The molecule has 0 heterocycles. The van der Waals surface area contributed by atoms with Crippen LogP contribution in [0.4, 0.5) is 0 Å². The first-order chi connectivity index (χ1) is 9.27. The van der Waals surface area contributed by atoms with Gasteiger partial charge in [-0.3, -0.25) is 4.79 Å². The zero-order chi connectivity index (χ0) is 13.9. The molecule has 0 radical (unpaired) electrons. The molecule has 2 N–H and O–H groups in total. The molecule has 0 aromatic heterocycles. The van der Waals surface area contributed by atoms with Gasteiger partial charge in [-0.05, 0) is 24.9 Å². The smallest absolute Gasteiger partial charge is 0.248 e. The van der Waals surface area contributed by atoms with E-state index in [0.29, 0.717) is 26.2 Å². The molecule has 1 aromatic rings. The van der Waals surface area contributed by atoms with Gasteiger partial charge in [-0.25, -0.2) is 0 Å². The molecule has 1 amide bonds. The highest BCUT2D eigenvalue weighted by Crippen LogP contribution is 2.05. The summed E-state index contributed by atoms with van der Waals surface area (Å²) in [5.41, 5.74) is 6.65.